The van der Waals surface area contributed by atoms with Crippen molar-refractivity contribution in [2.45, 2.75) is 18.9 Å². The lowest BCUT2D eigenvalue weighted by Crippen LogP contribution is -2.23. The van der Waals surface area contributed by atoms with Crippen LogP contribution in [0.15, 0.2) is 10.9 Å². The van der Waals surface area contributed by atoms with E-state index >= 15 is 0 Å². The molecular formula is C12H19N3O4S. The Kier molecular flexibility index (Phi) is 4.90. The van der Waals surface area contributed by atoms with Gasteiger partial charge < -0.3 is 15.0 Å². The lowest BCUT2D eigenvalue weighted by Gasteiger charge is -2.09. The molecular weight excluding hydrogens is 282 g/mol. The summed E-state index contributed by atoms with van der Waals surface area (Å²) in [5.41, 5.74) is 0.368. The summed E-state index contributed by atoms with van der Waals surface area (Å²) in [5, 5.41) is 3.11. The average molecular weight is 301 g/mol. The smallest absolute Gasteiger partial charge is 0.251 e. The van der Waals surface area contributed by atoms with Crippen molar-refractivity contribution < 1.29 is 13.2 Å². The van der Waals surface area contributed by atoms with Gasteiger partial charge in [0.05, 0.1) is 23.8 Å². The Morgan fingerprint density at radius 2 is 2.35 bits per heavy atom. The first-order valence-corrected chi connectivity index (χ1v) is 8.32. The average Bonchev–Trinajstić information content (AvgIpc) is 2.75. The Balaban J connectivity index is 2.07. The van der Waals surface area contributed by atoms with Crippen molar-refractivity contribution >= 4 is 9.84 Å². The van der Waals surface area contributed by atoms with E-state index in [0.717, 1.165) is 0 Å². The summed E-state index contributed by atoms with van der Waals surface area (Å²) in [6.07, 6.45) is 0.520. The third-order valence-electron chi connectivity index (χ3n) is 3.22. The Morgan fingerprint density at radius 1 is 1.55 bits per heavy atom. The van der Waals surface area contributed by atoms with Crippen molar-refractivity contribution in [2.75, 3.05) is 31.8 Å². The van der Waals surface area contributed by atoms with Gasteiger partial charge in [0.2, 0.25) is 0 Å². The molecule has 0 amide bonds. The molecule has 8 heteroatoms. The molecule has 0 saturated carbocycles. The van der Waals surface area contributed by atoms with Crippen LogP contribution in [0.4, 0.5) is 0 Å². The summed E-state index contributed by atoms with van der Waals surface area (Å²) < 4.78 is 27.9. The van der Waals surface area contributed by atoms with Crippen molar-refractivity contribution in [3.8, 4) is 0 Å². The predicted molar refractivity (Wildman–Crippen MR) is 74.5 cm³/mol. The quantitative estimate of drug-likeness (QED) is 0.681. The van der Waals surface area contributed by atoms with Crippen LogP contribution in [0, 0.1) is 0 Å². The molecule has 0 radical (unpaired) electrons. The molecule has 2 heterocycles. The maximum atomic E-state index is 11.6. The van der Waals surface area contributed by atoms with Crippen molar-refractivity contribution in [3.63, 3.8) is 0 Å². The third kappa shape index (κ3) is 4.12. The molecule has 0 aromatic carbocycles. The van der Waals surface area contributed by atoms with E-state index in [1.807, 2.05) is 0 Å². The van der Waals surface area contributed by atoms with Crippen LogP contribution in [0.25, 0.3) is 0 Å². The Hall–Kier alpha value is -1.25. The van der Waals surface area contributed by atoms with Gasteiger partial charge in [-0.2, -0.15) is 0 Å². The highest BCUT2D eigenvalue weighted by Gasteiger charge is 2.30. The number of sulfone groups is 1. The Bertz CT molecular complexity index is 611. The van der Waals surface area contributed by atoms with Crippen LogP contribution >= 0.6 is 0 Å². The highest BCUT2D eigenvalue weighted by atomic mass is 32.2. The van der Waals surface area contributed by atoms with Gasteiger partial charge in [-0.3, -0.25) is 4.79 Å². The van der Waals surface area contributed by atoms with Gasteiger partial charge in [-0.15, -0.1) is 0 Å². The lowest BCUT2D eigenvalue weighted by molar-refractivity contribution is 0.199. The number of ether oxygens (including phenoxy) is 1. The van der Waals surface area contributed by atoms with Crippen LogP contribution in [0.1, 0.15) is 23.9 Å². The number of hydrogen-bond donors (Lipinski definition) is 2. The first-order valence-electron chi connectivity index (χ1n) is 6.50. The molecule has 1 aliphatic rings. The van der Waals surface area contributed by atoms with E-state index in [9.17, 15) is 13.2 Å². The number of aromatic amines is 1. The predicted octanol–water partition coefficient (Wildman–Crippen LogP) is -0.592. The number of hydrogen-bond acceptors (Lipinski definition) is 6. The van der Waals surface area contributed by atoms with Gasteiger partial charge in [-0.05, 0) is 6.42 Å². The summed E-state index contributed by atoms with van der Waals surface area (Å²) in [6.45, 7) is 1.70. The van der Waals surface area contributed by atoms with E-state index in [0.29, 0.717) is 37.6 Å². The van der Waals surface area contributed by atoms with Crippen LogP contribution in [0.5, 0.6) is 0 Å². The molecule has 1 unspecified atom stereocenters. The standard InChI is InChI=1S/C12H19N3O4S/c1-19-4-3-13-7-10-6-11(16)15-12(14-10)9-2-5-20(17,18)8-9/h6,9,13H,2-5,7-8H2,1H3,(H,14,15,16). The molecule has 1 aromatic rings. The van der Waals surface area contributed by atoms with Gasteiger partial charge in [0.1, 0.15) is 5.82 Å². The van der Waals surface area contributed by atoms with Crippen molar-refractivity contribution in [2.24, 2.45) is 0 Å². The fourth-order valence-electron chi connectivity index (χ4n) is 2.21. The molecule has 112 valence electrons. The number of H-pyrrole nitrogens is 1. The van der Waals surface area contributed by atoms with Gasteiger partial charge in [0, 0.05) is 32.2 Å². The molecule has 1 aromatic heterocycles. The van der Waals surface area contributed by atoms with Gasteiger partial charge in [-0.1, -0.05) is 0 Å². The zero-order valence-corrected chi connectivity index (χ0v) is 12.2. The topological polar surface area (TPSA) is 101 Å². The largest absolute Gasteiger partial charge is 0.383 e. The highest BCUT2D eigenvalue weighted by Crippen LogP contribution is 2.25. The van der Waals surface area contributed by atoms with Crippen LogP contribution in [0.2, 0.25) is 0 Å². The van der Waals surface area contributed by atoms with Crippen LogP contribution in [-0.2, 0) is 21.1 Å². The van der Waals surface area contributed by atoms with Crippen LogP contribution in [-0.4, -0.2) is 50.2 Å². The minimum absolute atomic E-state index is 0.0660. The van der Waals surface area contributed by atoms with Gasteiger partial charge >= 0.3 is 0 Å². The molecule has 0 aliphatic carbocycles. The zero-order valence-electron chi connectivity index (χ0n) is 11.4. The van der Waals surface area contributed by atoms with E-state index in [-0.39, 0.29) is 23.0 Å². The first-order chi connectivity index (χ1) is 9.50. The second-order valence-corrected chi connectivity index (χ2v) is 7.12. The highest BCUT2D eigenvalue weighted by molar-refractivity contribution is 7.91. The maximum absolute atomic E-state index is 11.6. The molecule has 1 atom stereocenters. The maximum Gasteiger partial charge on any atom is 0.251 e. The second-order valence-electron chi connectivity index (χ2n) is 4.89. The van der Waals surface area contributed by atoms with E-state index in [1.165, 1.54) is 6.07 Å². The molecule has 0 bridgehead atoms. The molecule has 1 fully saturated rings. The number of methoxy groups -OCH3 is 1. The Labute approximate surface area is 117 Å². The van der Waals surface area contributed by atoms with Crippen molar-refractivity contribution in [3.05, 3.63) is 27.9 Å². The number of aromatic nitrogens is 2. The minimum Gasteiger partial charge on any atom is -0.383 e. The monoisotopic (exact) mass is 301 g/mol. The minimum atomic E-state index is -2.99. The molecule has 2 N–H and O–H groups in total. The van der Waals surface area contributed by atoms with E-state index < -0.39 is 9.84 Å². The SMILES string of the molecule is COCCNCc1cc(=O)[nH]c(C2CCS(=O)(=O)C2)n1. The molecule has 1 saturated heterocycles. The summed E-state index contributed by atoms with van der Waals surface area (Å²) in [4.78, 5) is 18.6. The van der Waals surface area contributed by atoms with E-state index in [2.05, 4.69) is 15.3 Å². The number of nitrogens with one attached hydrogen (secondary N) is 2. The zero-order chi connectivity index (χ0) is 14.6. The molecule has 2 rings (SSSR count). The van der Waals surface area contributed by atoms with Crippen LogP contribution < -0.4 is 10.9 Å². The first kappa shape index (κ1) is 15.1. The lowest BCUT2D eigenvalue weighted by atomic mass is 10.1. The van der Waals surface area contributed by atoms with Gasteiger partial charge in [0.25, 0.3) is 5.56 Å². The number of rotatable bonds is 6. The van der Waals surface area contributed by atoms with E-state index in [1.54, 1.807) is 7.11 Å². The van der Waals surface area contributed by atoms with Crippen molar-refractivity contribution in [1.29, 1.82) is 0 Å². The van der Waals surface area contributed by atoms with Gasteiger partial charge in [0.15, 0.2) is 9.84 Å². The summed E-state index contributed by atoms with van der Waals surface area (Å²) >= 11 is 0. The second kappa shape index (κ2) is 6.47. The molecule has 1 aliphatic heterocycles. The molecule has 7 nitrogen and oxygen atoms in total. The summed E-state index contributed by atoms with van der Waals surface area (Å²) in [5.74, 6) is 0.502. The van der Waals surface area contributed by atoms with E-state index in [4.69, 9.17) is 4.74 Å². The fourth-order valence-corrected chi connectivity index (χ4v) is 3.96. The fraction of sp³-hybridized carbons (Fsp3) is 0.667. The third-order valence-corrected chi connectivity index (χ3v) is 4.99. The summed E-state index contributed by atoms with van der Waals surface area (Å²) in [6, 6.07) is 1.42. The Morgan fingerprint density at radius 3 is 3.00 bits per heavy atom. The molecule has 0 spiro atoms. The van der Waals surface area contributed by atoms with Crippen molar-refractivity contribution in [1.82, 2.24) is 15.3 Å². The van der Waals surface area contributed by atoms with Crippen LogP contribution in [0.3, 0.4) is 0 Å². The number of nitrogens with zero attached hydrogens (tertiary/aromatic N) is 1. The summed E-state index contributed by atoms with van der Waals surface area (Å²) in [7, 11) is -1.37. The normalized spacial score (nSPS) is 21.1. The molecule has 20 heavy (non-hydrogen) atoms. The van der Waals surface area contributed by atoms with Gasteiger partial charge in [-0.25, -0.2) is 13.4 Å².